The lowest BCUT2D eigenvalue weighted by Gasteiger charge is -2.33. The first-order chi connectivity index (χ1) is 7.97. The molecule has 3 atom stereocenters. The van der Waals surface area contributed by atoms with E-state index in [9.17, 15) is 9.59 Å². The lowest BCUT2D eigenvalue weighted by molar-refractivity contribution is -0.136. The van der Waals surface area contributed by atoms with E-state index in [2.05, 4.69) is 5.32 Å². The lowest BCUT2D eigenvalue weighted by atomic mass is 10.1. The van der Waals surface area contributed by atoms with E-state index in [-0.39, 0.29) is 23.9 Å². The number of carbonyl (C=O) groups excluding carboxylic acids is 2. The average molecular weight is 242 g/mol. The highest BCUT2D eigenvalue weighted by Crippen LogP contribution is 2.16. The predicted molar refractivity (Wildman–Crippen MR) is 64.5 cm³/mol. The van der Waals surface area contributed by atoms with Crippen LogP contribution >= 0.6 is 0 Å². The summed E-state index contributed by atoms with van der Waals surface area (Å²) < 4.78 is 5.03. The van der Waals surface area contributed by atoms with E-state index < -0.39 is 6.04 Å². The zero-order valence-electron chi connectivity index (χ0n) is 11.0. The molecule has 2 amide bonds. The van der Waals surface area contributed by atoms with Gasteiger partial charge in [-0.3, -0.25) is 9.59 Å². The van der Waals surface area contributed by atoms with Gasteiger partial charge in [-0.1, -0.05) is 0 Å². The lowest BCUT2D eigenvalue weighted by Crippen LogP contribution is -2.49. The number of nitrogens with zero attached hydrogens (tertiary/aromatic N) is 1. The molecule has 5 nitrogen and oxygen atoms in total. The van der Waals surface area contributed by atoms with Crippen LogP contribution in [0.25, 0.3) is 0 Å². The van der Waals surface area contributed by atoms with Crippen molar-refractivity contribution in [2.75, 3.05) is 13.7 Å². The topological polar surface area (TPSA) is 58.6 Å². The Balaban J connectivity index is 2.78. The maximum absolute atomic E-state index is 12.2. The van der Waals surface area contributed by atoms with Crippen LogP contribution in [0.3, 0.4) is 0 Å². The number of methoxy groups -OCH3 is 1. The third-order valence-electron chi connectivity index (χ3n) is 3.17. The molecule has 0 aromatic rings. The van der Waals surface area contributed by atoms with E-state index in [1.165, 1.54) is 0 Å². The maximum Gasteiger partial charge on any atom is 0.245 e. The van der Waals surface area contributed by atoms with Gasteiger partial charge in [0.2, 0.25) is 11.8 Å². The molecule has 0 saturated carbocycles. The Hall–Kier alpha value is -1.10. The highest BCUT2D eigenvalue weighted by molar-refractivity contribution is 5.90. The molecule has 0 radical (unpaired) electrons. The average Bonchev–Trinajstić information content (AvgIpc) is 2.33. The van der Waals surface area contributed by atoms with Gasteiger partial charge in [-0.25, -0.2) is 0 Å². The SMILES string of the molecule is COCCC(C)N1C(=O)C(C)NC(=O)CC1C. The van der Waals surface area contributed by atoms with E-state index in [0.29, 0.717) is 13.0 Å². The second-order valence-electron chi connectivity index (χ2n) is 4.72. The van der Waals surface area contributed by atoms with Crippen molar-refractivity contribution < 1.29 is 14.3 Å². The minimum absolute atomic E-state index is 0.00745. The van der Waals surface area contributed by atoms with Crippen LogP contribution in [-0.2, 0) is 14.3 Å². The van der Waals surface area contributed by atoms with Crippen LogP contribution in [0.15, 0.2) is 0 Å². The molecule has 0 aromatic heterocycles. The van der Waals surface area contributed by atoms with E-state index in [0.717, 1.165) is 6.42 Å². The van der Waals surface area contributed by atoms with Crippen LogP contribution in [0.1, 0.15) is 33.6 Å². The van der Waals surface area contributed by atoms with Crippen molar-refractivity contribution in [3.8, 4) is 0 Å². The van der Waals surface area contributed by atoms with Crippen molar-refractivity contribution in [2.24, 2.45) is 0 Å². The number of nitrogens with one attached hydrogen (secondary N) is 1. The molecule has 1 fully saturated rings. The molecule has 1 N–H and O–H groups in total. The van der Waals surface area contributed by atoms with Crippen LogP contribution in [-0.4, -0.2) is 48.6 Å². The Morgan fingerprint density at radius 2 is 2.12 bits per heavy atom. The Morgan fingerprint density at radius 3 is 2.71 bits per heavy atom. The van der Waals surface area contributed by atoms with Crippen molar-refractivity contribution in [1.29, 1.82) is 0 Å². The van der Waals surface area contributed by atoms with Gasteiger partial charge in [0, 0.05) is 32.2 Å². The minimum atomic E-state index is -0.433. The second-order valence-corrected chi connectivity index (χ2v) is 4.72. The van der Waals surface area contributed by atoms with E-state index in [1.807, 2.05) is 18.7 Å². The number of hydrogen-bond donors (Lipinski definition) is 1. The zero-order valence-corrected chi connectivity index (χ0v) is 11.0. The van der Waals surface area contributed by atoms with Crippen molar-refractivity contribution in [3.63, 3.8) is 0 Å². The number of amides is 2. The summed E-state index contributed by atoms with van der Waals surface area (Å²) in [5, 5.41) is 2.70. The van der Waals surface area contributed by atoms with Gasteiger partial charge in [0.15, 0.2) is 0 Å². The molecule has 1 aliphatic rings. The first kappa shape index (κ1) is 14.0. The molecule has 3 unspecified atom stereocenters. The summed E-state index contributed by atoms with van der Waals surface area (Å²) in [5.74, 6) is -0.0632. The standard InChI is InChI=1S/C12H22N2O3/c1-8(5-6-17-4)14-9(2)7-11(15)13-10(3)12(14)16/h8-10H,5-7H2,1-4H3,(H,13,15). The van der Waals surface area contributed by atoms with Crippen molar-refractivity contribution in [3.05, 3.63) is 0 Å². The van der Waals surface area contributed by atoms with Gasteiger partial charge in [0.25, 0.3) is 0 Å². The smallest absolute Gasteiger partial charge is 0.245 e. The van der Waals surface area contributed by atoms with Gasteiger partial charge < -0.3 is 15.0 Å². The number of hydrogen-bond acceptors (Lipinski definition) is 3. The van der Waals surface area contributed by atoms with Gasteiger partial charge in [-0.15, -0.1) is 0 Å². The molecule has 1 rings (SSSR count). The first-order valence-corrected chi connectivity index (χ1v) is 6.07. The van der Waals surface area contributed by atoms with Crippen LogP contribution in [0, 0.1) is 0 Å². The molecular formula is C12H22N2O3. The minimum Gasteiger partial charge on any atom is -0.385 e. The molecule has 1 aliphatic heterocycles. The molecule has 1 saturated heterocycles. The summed E-state index contributed by atoms with van der Waals surface area (Å²) in [6, 6.07) is -0.399. The molecule has 0 spiro atoms. The van der Waals surface area contributed by atoms with E-state index in [4.69, 9.17) is 4.74 Å². The molecule has 1 heterocycles. The number of carbonyl (C=O) groups is 2. The third kappa shape index (κ3) is 3.43. The van der Waals surface area contributed by atoms with Crippen LogP contribution < -0.4 is 5.32 Å². The van der Waals surface area contributed by atoms with Gasteiger partial charge in [-0.05, 0) is 27.2 Å². The summed E-state index contributed by atoms with van der Waals surface area (Å²) in [6.07, 6.45) is 1.15. The first-order valence-electron chi connectivity index (χ1n) is 6.07. The summed E-state index contributed by atoms with van der Waals surface area (Å²) in [7, 11) is 1.65. The number of ether oxygens (including phenoxy) is 1. The Morgan fingerprint density at radius 1 is 1.47 bits per heavy atom. The quantitative estimate of drug-likeness (QED) is 0.782. The number of rotatable bonds is 4. The molecule has 17 heavy (non-hydrogen) atoms. The maximum atomic E-state index is 12.2. The molecule has 0 aromatic carbocycles. The highest BCUT2D eigenvalue weighted by atomic mass is 16.5. The van der Waals surface area contributed by atoms with Gasteiger partial charge in [0.05, 0.1) is 0 Å². The molecule has 98 valence electrons. The van der Waals surface area contributed by atoms with Gasteiger partial charge >= 0.3 is 0 Å². The van der Waals surface area contributed by atoms with Crippen LogP contribution in [0.5, 0.6) is 0 Å². The Kier molecular flexibility index (Phi) is 4.93. The van der Waals surface area contributed by atoms with Crippen molar-refractivity contribution in [2.45, 2.75) is 51.7 Å². The van der Waals surface area contributed by atoms with Crippen molar-refractivity contribution >= 4 is 11.8 Å². The van der Waals surface area contributed by atoms with E-state index in [1.54, 1.807) is 14.0 Å². The van der Waals surface area contributed by atoms with Crippen molar-refractivity contribution in [1.82, 2.24) is 10.2 Å². The normalized spacial score (nSPS) is 27.6. The zero-order chi connectivity index (χ0) is 13.0. The summed E-state index contributed by atoms with van der Waals surface area (Å²) in [6.45, 7) is 6.26. The summed E-state index contributed by atoms with van der Waals surface area (Å²) in [5.41, 5.74) is 0. The summed E-state index contributed by atoms with van der Waals surface area (Å²) in [4.78, 5) is 25.5. The Bertz CT molecular complexity index is 293. The van der Waals surface area contributed by atoms with Gasteiger partial charge in [-0.2, -0.15) is 0 Å². The fourth-order valence-electron chi connectivity index (χ4n) is 2.25. The van der Waals surface area contributed by atoms with Crippen LogP contribution in [0.4, 0.5) is 0 Å². The van der Waals surface area contributed by atoms with Crippen LogP contribution in [0.2, 0.25) is 0 Å². The highest BCUT2D eigenvalue weighted by Gasteiger charge is 2.33. The molecular weight excluding hydrogens is 220 g/mol. The molecule has 5 heteroatoms. The summed E-state index contributed by atoms with van der Waals surface area (Å²) >= 11 is 0. The fraction of sp³-hybridized carbons (Fsp3) is 0.833. The largest absolute Gasteiger partial charge is 0.385 e. The third-order valence-corrected chi connectivity index (χ3v) is 3.17. The molecule has 0 bridgehead atoms. The second kappa shape index (κ2) is 6.00. The molecule has 0 aliphatic carbocycles. The monoisotopic (exact) mass is 242 g/mol. The predicted octanol–water partition coefficient (Wildman–Crippen LogP) is 0.537. The fourth-order valence-corrected chi connectivity index (χ4v) is 2.25. The Labute approximate surface area is 102 Å². The van der Waals surface area contributed by atoms with Gasteiger partial charge in [0.1, 0.15) is 6.04 Å². The van der Waals surface area contributed by atoms with E-state index >= 15 is 0 Å².